The van der Waals surface area contributed by atoms with Gasteiger partial charge in [0.25, 0.3) is 0 Å². The van der Waals surface area contributed by atoms with Gasteiger partial charge in [-0.25, -0.2) is 4.79 Å². The summed E-state index contributed by atoms with van der Waals surface area (Å²) in [5.74, 6) is -2.41. The summed E-state index contributed by atoms with van der Waals surface area (Å²) in [6.45, 7) is 1.85. The van der Waals surface area contributed by atoms with E-state index in [1.165, 1.54) is 0 Å². The molecule has 0 aliphatic heterocycles. The summed E-state index contributed by atoms with van der Waals surface area (Å²) in [7, 11) is 0. The summed E-state index contributed by atoms with van der Waals surface area (Å²) in [4.78, 5) is 32.3. The van der Waals surface area contributed by atoms with Crippen LogP contribution in [-0.4, -0.2) is 62.5 Å². The van der Waals surface area contributed by atoms with Gasteiger partial charge in [-0.1, -0.05) is 18.2 Å². The van der Waals surface area contributed by atoms with E-state index in [0.717, 1.165) is 5.75 Å². The normalized spacial score (nSPS) is 10.2. The minimum Gasteiger partial charge on any atom is -0.491 e. The predicted octanol–water partition coefficient (Wildman–Crippen LogP) is 1.08. The predicted molar refractivity (Wildman–Crippen MR) is 86.4 cm³/mol. The quantitative estimate of drug-likeness (QED) is 0.300. The molecule has 0 aromatic heterocycles. The van der Waals surface area contributed by atoms with Crippen molar-refractivity contribution in [1.82, 2.24) is 0 Å². The van der Waals surface area contributed by atoms with Gasteiger partial charge in [0.2, 0.25) is 5.78 Å². The summed E-state index contributed by atoms with van der Waals surface area (Å²) in [6.07, 6.45) is -0.621. The molecule has 0 radical (unpaired) electrons. The van der Waals surface area contributed by atoms with Crippen LogP contribution in [0.2, 0.25) is 0 Å². The molecule has 0 saturated carbocycles. The highest BCUT2D eigenvalue weighted by atomic mass is 16.6. The fourth-order valence-corrected chi connectivity index (χ4v) is 1.67. The first-order valence-electron chi connectivity index (χ1n) is 7.84. The summed E-state index contributed by atoms with van der Waals surface area (Å²) in [5.41, 5.74) is 0. The molecule has 1 aromatic rings. The van der Waals surface area contributed by atoms with Gasteiger partial charge in [0, 0.05) is 6.42 Å². The summed E-state index contributed by atoms with van der Waals surface area (Å²) in [5, 5.41) is 8.36. The number of ketones is 1. The van der Waals surface area contributed by atoms with E-state index in [-0.39, 0.29) is 26.1 Å². The Morgan fingerprint density at radius 1 is 0.800 bits per heavy atom. The zero-order valence-corrected chi connectivity index (χ0v) is 13.8. The molecule has 0 atom stereocenters. The number of rotatable bonds is 14. The summed E-state index contributed by atoms with van der Waals surface area (Å²) < 4.78 is 20.8. The van der Waals surface area contributed by atoms with Crippen LogP contribution in [0, 0.1) is 0 Å². The monoisotopic (exact) mass is 354 g/mol. The maximum atomic E-state index is 11.2. The van der Waals surface area contributed by atoms with Crippen molar-refractivity contribution in [2.24, 2.45) is 0 Å². The lowest BCUT2D eigenvalue weighted by molar-refractivity contribution is -0.151. The summed E-state index contributed by atoms with van der Waals surface area (Å²) >= 11 is 0. The molecule has 0 bridgehead atoms. The highest BCUT2D eigenvalue weighted by Crippen LogP contribution is 2.07. The van der Waals surface area contributed by atoms with Gasteiger partial charge in [-0.05, 0) is 12.1 Å². The van der Waals surface area contributed by atoms with Crippen LogP contribution in [0.1, 0.15) is 12.8 Å². The van der Waals surface area contributed by atoms with Crippen LogP contribution in [0.3, 0.4) is 0 Å². The average molecular weight is 354 g/mol. The van der Waals surface area contributed by atoms with Crippen molar-refractivity contribution in [2.45, 2.75) is 12.8 Å². The minimum atomic E-state index is -1.55. The zero-order valence-electron chi connectivity index (χ0n) is 13.8. The molecule has 0 aliphatic rings. The van der Waals surface area contributed by atoms with E-state index in [2.05, 4.69) is 0 Å². The van der Waals surface area contributed by atoms with Gasteiger partial charge < -0.3 is 24.1 Å². The average Bonchev–Trinajstić information content (AvgIpc) is 2.62. The van der Waals surface area contributed by atoms with Gasteiger partial charge in [0.1, 0.15) is 19.0 Å². The fraction of sp³-hybridized carbons (Fsp3) is 0.471. The smallest absolute Gasteiger partial charge is 0.372 e. The number of benzene rings is 1. The Morgan fingerprint density at radius 3 is 2.04 bits per heavy atom. The standard InChI is InChI=1S/C17H22O8/c18-15(17(20)21)6-7-16(19)25-13-11-23-9-8-22-10-12-24-14-4-2-1-3-5-14/h1-5H,6-13H2,(H,20,21). The van der Waals surface area contributed by atoms with Crippen molar-refractivity contribution in [1.29, 1.82) is 0 Å². The largest absolute Gasteiger partial charge is 0.491 e. The molecule has 0 amide bonds. The van der Waals surface area contributed by atoms with Gasteiger partial charge in [-0.3, -0.25) is 9.59 Å². The molecule has 1 rings (SSSR count). The Bertz CT molecular complexity index is 529. The number of aliphatic carboxylic acids is 1. The molecule has 1 N–H and O–H groups in total. The number of hydrogen-bond acceptors (Lipinski definition) is 7. The van der Waals surface area contributed by atoms with Crippen LogP contribution in [-0.2, 0) is 28.6 Å². The van der Waals surface area contributed by atoms with Crippen molar-refractivity contribution in [3.05, 3.63) is 30.3 Å². The highest BCUT2D eigenvalue weighted by molar-refractivity contribution is 6.32. The number of hydrogen-bond donors (Lipinski definition) is 1. The zero-order chi connectivity index (χ0) is 18.3. The van der Waals surface area contributed by atoms with Gasteiger partial charge in [0.05, 0.1) is 32.8 Å². The van der Waals surface area contributed by atoms with Crippen molar-refractivity contribution < 1.29 is 38.4 Å². The second-order valence-electron chi connectivity index (χ2n) is 4.84. The third-order valence-electron chi connectivity index (χ3n) is 2.90. The van der Waals surface area contributed by atoms with E-state index in [9.17, 15) is 14.4 Å². The molecule has 0 fully saturated rings. The van der Waals surface area contributed by atoms with Crippen LogP contribution < -0.4 is 4.74 Å². The molecular formula is C17H22O8. The van der Waals surface area contributed by atoms with Crippen molar-refractivity contribution in [2.75, 3.05) is 39.6 Å². The number of para-hydroxylation sites is 1. The van der Waals surface area contributed by atoms with E-state index >= 15 is 0 Å². The maximum Gasteiger partial charge on any atom is 0.372 e. The Kier molecular flexibility index (Phi) is 10.6. The molecule has 0 heterocycles. The van der Waals surface area contributed by atoms with E-state index in [1.807, 2.05) is 30.3 Å². The molecule has 0 unspecified atom stereocenters. The topological polar surface area (TPSA) is 108 Å². The highest BCUT2D eigenvalue weighted by Gasteiger charge is 2.13. The molecule has 0 spiro atoms. The third kappa shape index (κ3) is 10.9. The molecule has 1 aromatic carbocycles. The molecule has 25 heavy (non-hydrogen) atoms. The van der Waals surface area contributed by atoms with Crippen LogP contribution in [0.15, 0.2) is 30.3 Å². The lowest BCUT2D eigenvalue weighted by Gasteiger charge is -2.08. The SMILES string of the molecule is O=C(CCC(=O)C(=O)O)OCCOCCOCCOc1ccccc1. The first-order valence-corrected chi connectivity index (χ1v) is 7.84. The van der Waals surface area contributed by atoms with Gasteiger partial charge in [-0.2, -0.15) is 0 Å². The number of carboxylic acid groups (broad SMARTS) is 1. The van der Waals surface area contributed by atoms with E-state index in [0.29, 0.717) is 26.4 Å². The Balaban J connectivity index is 1.86. The van der Waals surface area contributed by atoms with Crippen LogP contribution in [0.25, 0.3) is 0 Å². The molecular weight excluding hydrogens is 332 g/mol. The number of carbonyl (C=O) groups excluding carboxylic acids is 2. The summed E-state index contributed by atoms with van der Waals surface area (Å²) in [6, 6.07) is 9.42. The van der Waals surface area contributed by atoms with Gasteiger partial charge in [0.15, 0.2) is 0 Å². The lowest BCUT2D eigenvalue weighted by Crippen LogP contribution is -2.17. The number of esters is 1. The van der Waals surface area contributed by atoms with Crippen LogP contribution in [0.5, 0.6) is 5.75 Å². The lowest BCUT2D eigenvalue weighted by atomic mass is 10.2. The van der Waals surface area contributed by atoms with Gasteiger partial charge in [-0.15, -0.1) is 0 Å². The number of carbonyl (C=O) groups is 3. The third-order valence-corrected chi connectivity index (χ3v) is 2.90. The van der Waals surface area contributed by atoms with E-state index in [4.69, 9.17) is 24.1 Å². The first-order chi connectivity index (χ1) is 12.1. The molecule has 0 saturated heterocycles. The van der Waals surface area contributed by atoms with Crippen molar-refractivity contribution in [3.63, 3.8) is 0 Å². The Morgan fingerprint density at radius 2 is 1.40 bits per heavy atom. The minimum absolute atomic E-state index is 0.0389. The van der Waals surface area contributed by atoms with E-state index < -0.39 is 17.7 Å². The van der Waals surface area contributed by atoms with Crippen LogP contribution >= 0.6 is 0 Å². The molecule has 8 nitrogen and oxygen atoms in total. The molecule has 8 heteroatoms. The van der Waals surface area contributed by atoms with E-state index in [1.54, 1.807) is 0 Å². The fourth-order valence-electron chi connectivity index (χ4n) is 1.67. The van der Waals surface area contributed by atoms with Gasteiger partial charge >= 0.3 is 11.9 Å². The number of carboxylic acids is 1. The van der Waals surface area contributed by atoms with Crippen molar-refractivity contribution in [3.8, 4) is 5.75 Å². The van der Waals surface area contributed by atoms with Crippen molar-refractivity contribution >= 4 is 17.7 Å². The number of Topliss-reactive ketones (excluding diaryl/α,β-unsaturated/α-hetero) is 1. The molecule has 0 aliphatic carbocycles. The second-order valence-corrected chi connectivity index (χ2v) is 4.84. The second kappa shape index (κ2) is 12.9. The number of ether oxygens (including phenoxy) is 4. The van der Waals surface area contributed by atoms with Crippen LogP contribution in [0.4, 0.5) is 0 Å². The Hall–Kier alpha value is -2.45. The molecule has 138 valence electrons. The Labute approximate surface area is 145 Å². The first kappa shape index (κ1) is 20.6. The maximum absolute atomic E-state index is 11.2.